The molecular formula is C42H24N2OS. The van der Waals surface area contributed by atoms with Crippen molar-refractivity contribution >= 4 is 97.1 Å². The molecule has 0 unspecified atom stereocenters. The summed E-state index contributed by atoms with van der Waals surface area (Å²) >= 11 is 1.88. The maximum atomic E-state index is 6.38. The van der Waals surface area contributed by atoms with E-state index in [1.807, 2.05) is 23.5 Å². The second-order valence-electron chi connectivity index (χ2n) is 12.1. The topological polar surface area (TPSA) is 23.0 Å². The molecule has 0 fully saturated rings. The molecule has 11 aromatic rings. The maximum absolute atomic E-state index is 6.38. The van der Waals surface area contributed by atoms with Gasteiger partial charge in [0.05, 0.1) is 32.5 Å². The molecule has 4 heteroatoms. The number of nitrogens with zero attached hydrogens (tertiary/aromatic N) is 2. The molecule has 0 amide bonds. The van der Waals surface area contributed by atoms with Crippen LogP contribution in [-0.2, 0) is 0 Å². The molecule has 46 heavy (non-hydrogen) atoms. The number of rotatable bonds is 2. The van der Waals surface area contributed by atoms with Crippen LogP contribution in [0, 0.1) is 0 Å². The number of para-hydroxylation sites is 3. The van der Waals surface area contributed by atoms with Crippen LogP contribution in [0.2, 0.25) is 0 Å². The standard InChI is InChI=1S/C42H24N2OS/c1-5-15-33-26(10-1)30-22-23-35-40(41(30)43(33)25-20-21-28-27-11-3-7-18-37(27)45-38(28)24-25)32-13-2-6-16-34(32)44(35)36-17-9-14-31-29-12-4-8-19-39(29)46-42(31)36/h1-24H. The van der Waals surface area contributed by atoms with Gasteiger partial charge in [0, 0.05) is 59.5 Å². The molecule has 0 aliphatic heterocycles. The van der Waals surface area contributed by atoms with Gasteiger partial charge in [-0.15, -0.1) is 11.3 Å². The van der Waals surface area contributed by atoms with Crippen LogP contribution in [0.15, 0.2) is 150 Å². The van der Waals surface area contributed by atoms with Gasteiger partial charge in [0.15, 0.2) is 0 Å². The fraction of sp³-hybridized carbons (Fsp3) is 0. The van der Waals surface area contributed by atoms with E-state index < -0.39 is 0 Å². The van der Waals surface area contributed by atoms with Crippen molar-refractivity contribution in [1.82, 2.24) is 9.13 Å². The van der Waals surface area contributed by atoms with Crippen LogP contribution in [-0.4, -0.2) is 9.13 Å². The Labute approximate surface area is 266 Å². The van der Waals surface area contributed by atoms with Crippen LogP contribution in [0.5, 0.6) is 0 Å². The molecule has 11 rings (SSSR count). The zero-order valence-electron chi connectivity index (χ0n) is 24.6. The Morgan fingerprint density at radius 2 is 1.11 bits per heavy atom. The first-order valence-electron chi connectivity index (χ1n) is 15.6. The third-order valence-electron chi connectivity index (χ3n) is 9.71. The lowest BCUT2D eigenvalue weighted by molar-refractivity contribution is 0.668. The lowest BCUT2D eigenvalue weighted by Gasteiger charge is -2.11. The first kappa shape index (κ1) is 24.5. The molecule has 0 radical (unpaired) electrons. The molecule has 3 nitrogen and oxygen atoms in total. The van der Waals surface area contributed by atoms with E-state index in [0.29, 0.717) is 0 Å². The van der Waals surface area contributed by atoms with E-state index in [0.717, 1.165) is 27.6 Å². The van der Waals surface area contributed by atoms with Gasteiger partial charge in [-0.2, -0.15) is 0 Å². The van der Waals surface area contributed by atoms with Gasteiger partial charge in [-0.3, -0.25) is 0 Å². The predicted octanol–water partition coefficient (Wildman–Crippen LogP) is 12.1. The third-order valence-corrected chi connectivity index (χ3v) is 10.9. The van der Waals surface area contributed by atoms with E-state index in [9.17, 15) is 0 Å². The molecule has 0 spiro atoms. The average molecular weight is 605 g/mol. The Kier molecular flexibility index (Phi) is 4.72. The highest BCUT2D eigenvalue weighted by Gasteiger charge is 2.22. The van der Waals surface area contributed by atoms with Crippen molar-refractivity contribution in [3.63, 3.8) is 0 Å². The van der Waals surface area contributed by atoms with E-state index in [4.69, 9.17) is 4.42 Å². The minimum Gasteiger partial charge on any atom is -0.456 e. The van der Waals surface area contributed by atoms with Gasteiger partial charge in [0.25, 0.3) is 0 Å². The molecule has 4 aromatic heterocycles. The van der Waals surface area contributed by atoms with Gasteiger partial charge < -0.3 is 13.6 Å². The largest absolute Gasteiger partial charge is 0.456 e. The smallest absolute Gasteiger partial charge is 0.137 e. The van der Waals surface area contributed by atoms with Crippen molar-refractivity contribution in [1.29, 1.82) is 0 Å². The Hall–Kier alpha value is -5.84. The number of hydrogen-bond donors (Lipinski definition) is 0. The Morgan fingerprint density at radius 3 is 2.00 bits per heavy atom. The number of benzene rings is 7. The molecule has 0 atom stereocenters. The van der Waals surface area contributed by atoms with Gasteiger partial charge in [-0.25, -0.2) is 0 Å². The minimum absolute atomic E-state index is 0.899. The summed E-state index contributed by atoms with van der Waals surface area (Å²) in [5.74, 6) is 0. The van der Waals surface area contributed by atoms with Crippen LogP contribution < -0.4 is 0 Å². The SMILES string of the molecule is c1ccc2c(c1)oc1cc(-n3c4ccccc4c4ccc5c(c6ccccc6n5-c5cccc6c5sc5ccccc56)c43)ccc12. The highest BCUT2D eigenvalue weighted by Crippen LogP contribution is 2.45. The number of thiophene rings is 1. The number of hydrogen-bond acceptors (Lipinski definition) is 2. The molecule has 4 heterocycles. The quantitative estimate of drug-likeness (QED) is 0.192. The maximum Gasteiger partial charge on any atom is 0.137 e. The van der Waals surface area contributed by atoms with Crippen molar-refractivity contribution in [2.45, 2.75) is 0 Å². The Bertz CT molecular complexity index is 3040. The van der Waals surface area contributed by atoms with E-state index in [-0.39, 0.29) is 0 Å². The highest BCUT2D eigenvalue weighted by molar-refractivity contribution is 7.26. The van der Waals surface area contributed by atoms with Crippen molar-refractivity contribution in [2.24, 2.45) is 0 Å². The molecule has 7 aromatic carbocycles. The van der Waals surface area contributed by atoms with Gasteiger partial charge in [-0.05, 0) is 48.5 Å². The first-order valence-corrected chi connectivity index (χ1v) is 16.4. The van der Waals surface area contributed by atoms with E-state index in [2.05, 4.69) is 143 Å². The van der Waals surface area contributed by atoms with Crippen LogP contribution >= 0.6 is 11.3 Å². The third kappa shape index (κ3) is 3.11. The van der Waals surface area contributed by atoms with Crippen molar-refractivity contribution < 1.29 is 4.42 Å². The van der Waals surface area contributed by atoms with E-state index in [1.165, 1.54) is 69.5 Å². The number of fused-ring (bicyclic) bond motifs is 13. The second-order valence-corrected chi connectivity index (χ2v) is 13.1. The molecule has 0 bridgehead atoms. The van der Waals surface area contributed by atoms with E-state index in [1.54, 1.807) is 0 Å². The van der Waals surface area contributed by atoms with Crippen LogP contribution in [0.3, 0.4) is 0 Å². The Morgan fingerprint density at radius 1 is 0.435 bits per heavy atom. The number of furan rings is 1. The second kappa shape index (κ2) is 8.87. The predicted molar refractivity (Wildman–Crippen MR) is 195 cm³/mol. The highest BCUT2D eigenvalue weighted by atomic mass is 32.1. The summed E-state index contributed by atoms with van der Waals surface area (Å²) in [6, 6.07) is 52.7. The first-order chi connectivity index (χ1) is 22.8. The van der Waals surface area contributed by atoms with Crippen LogP contribution in [0.25, 0.3) is 97.1 Å². The minimum atomic E-state index is 0.899. The summed E-state index contributed by atoms with van der Waals surface area (Å²) in [6.45, 7) is 0. The molecule has 0 aliphatic carbocycles. The Balaban J connectivity index is 1.30. The molecule has 214 valence electrons. The summed E-state index contributed by atoms with van der Waals surface area (Å²) in [7, 11) is 0. The molecule has 0 aliphatic rings. The summed E-state index contributed by atoms with van der Waals surface area (Å²) in [6.07, 6.45) is 0. The zero-order valence-corrected chi connectivity index (χ0v) is 25.4. The monoisotopic (exact) mass is 604 g/mol. The van der Waals surface area contributed by atoms with E-state index >= 15 is 0 Å². The molecule has 0 saturated carbocycles. The molecular weight excluding hydrogens is 581 g/mol. The molecule has 0 N–H and O–H groups in total. The summed E-state index contributed by atoms with van der Waals surface area (Å²) in [4.78, 5) is 0. The van der Waals surface area contributed by atoms with Gasteiger partial charge >= 0.3 is 0 Å². The van der Waals surface area contributed by atoms with Gasteiger partial charge in [0.2, 0.25) is 0 Å². The molecule has 0 saturated heterocycles. The fourth-order valence-electron chi connectivity index (χ4n) is 7.80. The summed E-state index contributed by atoms with van der Waals surface area (Å²) in [5.41, 5.74) is 8.93. The lowest BCUT2D eigenvalue weighted by Crippen LogP contribution is -1.95. The van der Waals surface area contributed by atoms with Gasteiger partial charge in [0.1, 0.15) is 11.2 Å². The normalized spacial score (nSPS) is 12.3. The lowest BCUT2D eigenvalue weighted by atomic mass is 10.1. The fourth-order valence-corrected chi connectivity index (χ4v) is 9.00. The summed E-state index contributed by atoms with van der Waals surface area (Å²) in [5, 5.41) is 9.89. The zero-order chi connectivity index (χ0) is 29.9. The van der Waals surface area contributed by atoms with Gasteiger partial charge in [-0.1, -0.05) is 91.0 Å². The van der Waals surface area contributed by atoms with Crippen molar-refractivity contribution in [3.8, 4) is 11.4 Å². The summed E-state index contributed by atoms with van der Waals surface area (Å²) < 4.78 is 13.9. The number of aromatic nitrogens is 2. The van der Waals surface area contributed by atoms with Crippen molar-refractivity contribution in [2.75, 3.05) is 0 Å². The average Bonchev–Trinajstić information content (AvgIpc) is 3.85. The van der Waals surface area contributed by atoms with Crippen LogP contribution in [0.4, 0.5) is 0 Å². The van der Waals surface area contributed by atoms with Crippen molar-refractivity contribution in [3.05, 3.63) is 146 Å². The van der Waals surface area contributed by atoms with Crippen LogP contribution in [0.1, 0.15) is 0 Å².